The molecule has 0 aliphatic heterocycles. The first kappa shape index (κ1) is 7.52. The van der Waals surface area contributed by atoms with Gasteiger partial charge in [-0.3, -0.25) is 0 Å². The van der Waals surface area contributed by atoms with E-state index in [0.29, 0.717) is 4.61 Å². The molecular weight excluding hydrogens is 189 g/mol. The maximum absolute atomic E-state index is 7.18. The Kier molecular flexibility index (Phi) is 2.67. The Morgan fingerprint density at radius 1 is 1.30 bits per heavy atom. The number of hydrogen-bond acceptors (Lipinski definition) is 1. The van der Waals surface area contributed by atoms with Crippen LogP contribution in [0.3, 0.4) is 0 Å². The molecule has 0 amide bonds. The molecule has 0 unspecified atom stereocenters. The fraction of sp³-hybridized carbons (Fsp3) is 0.125. The average Bonchev–Trinajstić information content (AvgIpc) is 1.88. The van der Waals surface area contributed by atoms with Gasteiger partial charge in [-0.05, 0) is 0 Å². The molecule has 0 aliphatic rings. The molecule has 0 bridgehead atoms. The van der Waals surface area contributed by atoms with Gasteiger partial charge >= 0.3 is 68.3 Å². The summed E-state index contributed by atoms with van der Waals surface area (Å²) in [6, 6.07) is 9.99. The van der Waals surface area contributed by atoms with Crippen LogP contribution in [0.1, 0.15) is 5.56 Å². The number of rotatable bonds is 2. The molecule has 1 aromatic rings. The first-order chi connectivity index (χ1) is 4.79. The molecule has 10 heavy (non-hydrogen) atoms. The quantitative estimate of drug-likeness (QED) is 0.547. The predicted octanol–water partition coefficient (Wildman–Crippen LogP) is 1.37. The summed E-state index contributed by atoms with van der Waals surface area (Å²) in [6.45, 7) is 0. The van der Waals surface area contributed by atoms with Crippen molar-refractivity contribution >= 4 is 20.6 Å². The van der Waals surface area contributed by atoms with Gasteiger partial charge < -0.3 is 0 Å². The van der Waals surface area contributed by atoms with E-state index in [1.54, 1.807) is 0 Å². The van der Waals surface area contributed by atoms with E-state index < -0.39 is 0 Å². The third kappa shape index (κ3) is 2.34. The standard InChI is InChI=1S/C8H8NSe/c9-8(10)6-7-4-2-1-3-5-7/h1-5,9H,6H2. The van der Waals surface area contributed by atoms with E-state index in [1.165, 1.54) is 5.56 Å². The van der Waals surface area contributed by atoms with Gasteiger partial charge in [0, 0.05) is 0 Å². The van der Waals surface area contributed by atoms with Gasteiger partial charge in [-0.1, -0.05) is 0 Å². The molecule has 1 nitrogen and oxygen atoms in total. The van der Waals surface area contributed by atoms with Gasteiger partial charge in [-0.15, -0.1) is 0 Å². The van der Waals surface area contributed by atoms with Crippen LogP contribution in [0.15, 0.2) is 30.3 Å². The van der Waals surface area contributed by atoms with E-state index in [4.69, 9.17) is 5.41 Å². The molecule has 2 heteroatoms. The Morgan fingerprint density at radius 3 is 2.40 bits per heavy atom. The second kappa shape index (κ2) is 3.55. The number of nitrogens with one attached hydrogen (secondary N) is 1. The van der Waals surface area contributed by atoms with Crippen molar-refractivity contribution in [3.05, 3.63) is 35.9 Å². The molecule has 0 atom stereocenters. The topological polar surface area (TPSA) is 23.9 Å². The summed E-state index contributed by atoms with van der Waals surface area (Å²) in [5.74, 6) is 0. The Hall–Kier alpha value is -0.591. The summed E-state index contributed by atoms with van der Waals surface area (Å²) in [5, 5.41) is 7.18. The fourth-order valence-electron chi connectivity index (χ4n) is 0.781. The Labute approximate surface area is 68.8 Å². The van der Waals surface area contributed by atoms with Crippen LogP contribution in [0, 0.1) is 5.41 Å². The van der Waals surface area contributed by atoms with E-state index in [1.807, 2.05) is 30.3 Å². The Morgan fingerprint density at radius 2 is 1.90 bits per heavy atom. The van der Waals surface area contributed by atoms with Crippen molar-refractivity contribution in [1.82, 2.24) is 0 Å². The van der Waals surface area contributed by atoms with Crippen molar-refractivity contribution in [3.8, 4) is 0 Å². The zero-order valence-corrected chi connectivity index (χ0v) is 7.22. The molecule has 1 radical (unpaired) electrons. The molecule has 1 N–H and O–H groups in total. The van der Waals surface area contributed by atoms with Crippen LogP contribution in [-0.2, 0) is 6.42 Å². The molecule has 1 rings (SSSR count). The van der Waals surface area contributed by atoms with Crippen molar-refractivity contribution in [3.63, 3.8) is 0 Å². The number of benzene rings is 1. The predicted molar refractivity (Wildman–Crippen MR) is 43.6 cm³/mol. The van der Waals surface area contributed by atoms with Crippen molar-refractivity contribution in [2.24, 2.45) is 0 Å². The first-order valence-electron chi connectivity index (χ1n) is 3.07. The van der Waals surface area contributed by atoms with Gasteiger partial charge in [-0.25, -0.2) is 0 Å². The molecule has 0 aromatic heterocycles. The van der Waals surface area contributed by atoms with E-state index >= 15 is 0 Å². The molecule has 51 valence electrons. The van der Waals surface area contributed by atoms with Crippen LogP contribution in [0.4, 0.5) is 0 Å². The van der Waals surface area contributed by atoms with Gasteiger partial charge in [0.05, 0.1) is 0 Å². The molecule has 0 saturated heterocycles. The van der Waals surface area contributed by atoms with E-state index in [0.717, 1.165) is 6.42 Å². The van der Waals surface area contributed by atoms with Crippen LogP contribution in [0.5, 0.6) is 0 Å². The molecule has 0 heterocycles. The van der Waals surface area contributed by atoms with Crippen LogP contribution in [0.2, 0.25) is 0 Å². The van der Waals surface area contributed by atoms with Gasteiger partial charge in [0.2, 0.25) is 0 Å². The van der Waals surface area contributed by atoms with Gasteiger partial charge in [0.15, 0.2) is 0 Å². The fourth-order valence-corrected chi connectivity index (χ4v) is 1.13. The minimum atomic E-state index is 0.589. The average molecular weight is 197 g/mol. The summed E-state index contributed by atoms with van der Waals surface area (Å²) >= 11 is 2.67. The van der Waals surface area contributed by atoms with E-state index in [2.05, 4.69) is 16.0 Å². The molecule has 0 fully saturated rings. The zero-order chi connectivity index (χ0) is 7.40. The van der Waals surface area contributed by atoms with Crippen molar-refractivity contribution in [1.29, 1.82) is 5.41 Å². The third-order valence-corrected chi connectivity index (χ3v) is 1.51. The Balaban J connectivity index is 2.67. The van der Waals surface area contributed by atoms with Crippen LogP contribution >= 0.6 is 0 Å². The van der Waals surface area contributed by atoms with Gasteiger partial charge in [0.1, 0.15) is 0 Å². The number of hydrogen-bond donors (Lipinski definition) is 1. The van der Waals surface area contributed by atoms with Crippen molar-refractivity contribution < 1.29 is 0 Å². The maximum atomic E-state index is 7.18. The van der Waals surface area contributed by atoms with Crippen molar-refractivity contribution in [2.75, 3.05) is 0 Å². The van der Waals surface area contributed by atoms with Gasteiger partial charge in [-0.2, -0.15) is 0 Å². The van der Waals surface area contributed by atoms with Gasteiger partial charge in [0.25, 0.3) is 0 Å². The minimum absolute atomic E-state index is 0.589. The van der Waals surface area contributed by atoms with Crippen LogP contribution in [0.25, 0.3) is 0 Å². The van der Waals surface area contributed by atoms with E-state index in [9.17, 15) is 0 Å². The van der Waals surface area contributed by atoms with Crippen molar-refractivity contribution in [2.45, 2.75) is 6.42 Å². The second-order valence-electron chi connectivity index (χ2n) is 2.09. The molecular formula is C8H8NSe. The first-order valence-corrected chi connectivity index (χ1v) is 3.93. The molecule has 1 aromatic carbocycles. The zero-order valence-electron chi connectivity index (χ0n) is 5.50. The normalized spacial score (nSPS) is 9.20. The third-order valence-electron chi connectivity index (χ3n) is 1.21. The van der Waals surface area contributed by atoms with Crippen LogP contribution in [-0.4, -0.2) is 20.6 Å². The summed E-state index contributed by atoms with van der Waals surface area (Å²) < 4.78 is 0.589. The Bertz CT molecular complexity index is 218. The molecule has 0 spiro atoms. The summed E-state index contributed by atoms with van der Waals surface area (Å²) in [4.78, 5) is 0. The SMILES string of the molecule is N=C([Se])Cc1ccccc1. The van der Waals surface area contributed by atoms with E-state index in [-0.39, 0.29) is 0 Å². The summed E-state index contributed by atoms with van der Waals surface area (Å²) in [7, 11) is 0. The summed E-state index contributed by atoms with van der Waals surface area (Å²) in [6.07, 6.45) is 0.723. The van der Waals surface area contributed by atoms with Crippen LogP contribution < -0.4 is 0 Å². The molecule has 0 aliphatic carbocycles. The monoisotopic (exact) mass is 198 g/mol. The second-order valence-corrected chi connectivity index (χ2v) is 3.12. The molecule has 0 saturated carbocycles. The summed E-state index contributed by atoms with van der Waals surface area (Å²) in [5.41, 5.74) is 1.19.